The van der Waals surface area contributed by atoms with Crippen LogP contribution in [-0.2, 0) is 5.41 Å². The molecule has 0 atom stereocenters. The second kappa shape index (κ2) is 4.12. The lowest BCUT2D eigenvalue weighted by Gasteiger charge is -2.57. The van der Waals surface area contributed by atoms with Gasteiger partial charge in [0, 0.05) is 5.39 Å². The normalized spacial score (nSPS) is 36.1. The molecule has 0 unspecified atom stereocenters. The Hall–Kier alpha value is -1.84. The molecule has 4 saturated carbocycles. The lowest BCUT2D eigenvalue weighted by molar-refractivity contribution is -0.00512. The Kier molecular flexibility index (Phi) is 2.37. The number of rotatable bonds is 2. The van der Waals surface area contributed by atoms with Crippen LogP contribution in [0.15, 0.2) is 23.4 Å². The van der Waals surface area contributed by atoms with Crippen LogP contribution in [-0.4, -0.2) is 10.1 Å². The fourth-order valence-corrected chi connectivity index (χ4v) is 6.05. The third kappa shape index (κ3) is 1.58. The van der Waals surface area contributed by atoms with Gasteiger partial charge in [-0.2, -0.15) is 0 Å². The van der Waals surface area contributed by atoms with E-state index < -0.39 is 0 Å². The van der Waals surface area contributed by atoms with Crippen molar-refractivity contribution in [2.45, 2.75) is 43.9 Å². The van der Waals surface area contributed by atoms with Crippen molar-refractivity contribution in [3.05, 3.63) is 28.7 Å². The predicted molar refractivity (Wildman–Crippen MR) is 85.3 cm³/mol. The predicted octanol–water partition coefficient (Wildman–Crippen LogP) is 4.74. The molecule has 4 fully saturated rings. The van der Waals surface area contributed by atoms with Gasteiger partial charge in [-0.3, -0.25) is 0 Å². The molecule has 114 valence electrons. The van der Waals surface area contributed by atoms with Crippen molar-refractivity contribution >= 4 is 16.6 Å². The van der Waals surface area contributed by atoms with Crippen LogP contribution < -0.4 is 0 Å². The van der Waals surface area contributed by atoms with E-state index in [-0.39, 0.29) is 11.6 Å². The summed E-state index contributed by atoms with van der Waals surface area (Å²) in [4.78, 5) is 13.9. The van der Waals surface area contributed by atoms with Crippen LogP contribution in [0.25, 0.3) is 10.9 Å². The lowest BCUT2D eigenvalue weighted by atomic mass is 9.48. The van der Waals surface area contributed by atoms with Crippen LogP contribution in [0.2, 0.25) is 0 Å². The molecule has 1 heterocycles. The fourth-order valence-electron chi connectivity index (χ4n) is 6.05. The van der Waals surface area contributed by atoms with Crippen molar-refractivity contribution in [3.8, 4) is 5.88 Å². The molecule has 1 aromatic heterocycles. The minimum absolute atomic E-state index is 0.118. The van der Waals surface area contributed by atoms with E-state index in [1.54, 1.807) is 0 Å². The molecule has 0 amide bonds. The van der Waals surface area contributed by atoms with E-state index in [4.69, 9.17) is 0 Å². The molecule has 2 aromatic rings. The number of hydrogen-bond acceptors (Lipinski definition) is 3. The smallest absolute Gasteiger partial charge is 0.219 e. The summed E-state index contributed by atoms with van der Waals surface area (Å²) in [5.41, 5.74) is 2.60. The number of aromatic amines is 1. The Balaban J connectivity index is 1.66. The van der Waals surface area contributed by atoms with Gasteiger partial charge in [0.25, 0.3) is 0 Å². The van der Waals surface area contributed by atoms with E-state index in [1.807, 2.05) is 6.07 Å². The van der Waals surface area contributed by atoms with Gasteiger partial charge in [-0.1, -0.05) is 6.07 Å². The van der Waals surface area contributed by atoms with Crippen LogP contribution in [0.4, 0.5) is 5.69 Å². The van der Waals surface area contributed by atoms with E-state index in [0.717, 1.165) is 28.7 Å². The van der Waals surface area contributed by atoms with E-state index in [2.05, 4.69) is 22.3 Å². The monoisotopic (exact) mass is 296 g/mol. The van der Waals surface area contributed by atoms with Crippen LogP contribution >= 0.6 is 0 Å². The largest absolute Gasteiger partial charge is 0.493 e. The van der Waals surface area contributed by atoms with Crippen LogP contribution in [0.3, 0.4) is 0 Å². The van der Waals surface area contributed by atoms with E-state index in [1.165, 1.54) is 44.1 Å². The molecule has 6 rings (SSSR count). The zero-order valence-corrected chi connectivity index (χ0v) is 12.5. The van der Waals surface area contributed by atoms with Crippen LogP contribution in [0, 0.1) is 22.7 Å². The van der Waals surface area contributed by atoms with Gasteiger partial charge >= 0.3 is 0 Å². The second-order valence-corrected chi connectivity index (χ2v) is 7.87. The molecular formula is C18H20N2O2. The van der Waals surface area contributed by atoms with E-state index >= 15 is 0 Å². The Morgan fingerprint density at radius 3 is 2.32 bits per heavy atom. The Morgan fingerprint density at radius 1 is 1.09 bits per heavy atom. The number of aromatic nitrogens is 1. The first-order chi connectivity index (χ1) is 10.7. The first kappa shape index (κ1) is 12.7. The Bertz CT molecular complexity index is 741. The Morgan fingerprint density at radius 2 is 1.73 bits per heavy atom. The highest BCUT2D eigenvalue weighted by molar-refractivity contribution is 5.94. The number of nitroso groups, excluding NO2 is 1. The number of hydrogen-bond donors (Lipinski definition) is 2. The minimum atomic E-state index is -0.118. The molecular weight excluding hydrogens is 276 g/mol. The molecule has 4 heteroatoms. The summed E-state index contributed by atoms with van der Waals surface area (Å²) in [6.07, 6.45) is 8.16. The maximum atomic E-state index is 11.0. The number of nitrogens with zero attached hydrogens (tertiary/aromatic N) is 1. The maximum absolute atomic E-state index is 11.0. The summed E-state index contributed by atoms with van der Waals surface area (Å²) in [5.74, 6) is 2.56. The number of nitrogens with one attached hydrogen (secondary N) is 1. The number of H-pyrrole nitrogens is 1. The molecule has 1 aromatic carbocycles. The summed E-state index contributed by atoms with van der Waals surface area (Å²) in [5, 5.41) is 13.6. The third-order valence-corrected chi connectivity index (χ3v) is 6.49. The maximum Gasteiger partial charge on any atom is 0.219 e. The molecule has 4 aliphatic carbocycles. The number of fused-ring (bicyclic) bond motifs is 1. The highest BCUT2D eigenvalue weighted by atomic mass is 16.3. The average molecular weight is 296 g/mol. The highest BCUT2D eigenvalue weighted by Crippen LogP contribution is 2.61. The SMILES string of the molecule is O=Nc1c(O)[nH]c2ccc(C34CC5CC(CC(C5)C3)C4)cc12. The molecule has 4 aliphatic rings. The quantitative estimate of drug-likeness (QED) is 0.786. The van der Waals surface area contributed by atoms with Crippen molar-refractivity contribution in [2.24, 2.45) is 22.9 Å². The number of benzene rings is 1. The molecule has 0 spiro atoms. The topological polar surface area (TPSA) is 65.4 Å². The standard InChI is InChI=1S/C18H20N2O2/c21-17-16(20-22)14-6-13(1-2-15(14)19-17)18-7-10-3-11(8-18)5-12(4-10)9-18/h1-2,6,10-12,19,21H,3-5,7-9H2. The molecule has 4 nitrogen and oxygen atoms in total. The molecule has 22 heavy (non-hydrogen) atoms. The summed E-state index contributed by atoms with van der Waals surface area (Å²) in [7, 11) is 0. The third-order valence-electron chi connectivity index (χ3n) is 6.49. The summed E-state index contributed by atoms with van der Waals surface area (Å²) in [6, 6.07) is 6.30. The summed E-state index contributed by atoms with van der Waals surface area (Å²) in [6.45, 7) is 0. The minimum Gasteiger partial charge on any atom is -0.493 e. The second-order valence-electron chi connectivity index (χ2n) is 7.87. The van der Waals surface area contributed by atoms with Gasteiger partial charge in [-0.25, -0.2) is 0 Å². The first-order valence-electron chi connectivity index (χ1n) is 8.35. The van der Waals surface area contributed by atoms with E-state index in [9.17, 15) is 10.0 Å². The zero-order valence-electron chi connectivity index (χ0n) is 12.5. The van der Waals surface area contributed by atoms with Gasteiger partial charge in [0.1, 0.15) is 0 Å². The Labute approximate surface area is 128 Å². The fraction of sp³-hybridized carbons (Fsp3) is 0.556. The van der Waals surface area contributed by atoms with Gasteiger partial charge in [0.2, 0.25) is 5.88 Å². The summed E-state index contributed by atoms with van der Waals surface area (Å²) < 4.78 is 0. The van der Waals surface area contributed by atoms with Crippen LogP contribution in [0.5, 0.6) is 5.88 Å². The molecule has 0 aliphatic heterocycles. The van der Waals surface area contributed by atoms with Gasteiger partial charge in [-0.15, -0.1) is 4.91 Å². The average Bonchev–Trinajstić information content (AvgIpc) is 2.80. The number of aromatic hydroxyl groups is 1. The highest BCUT2D eigenvalue weighted by Gasteiger charge is 2.51. The van der Waals surface area contributed by atoms with Crippen LogP contribution in [0.1, 0.15) is 44.1 Å². The molecule has 0 saturated heterocycles. The van der Waals surface area contributed by atoms with Crippen molar-refractivity contribution in [1.82, 2.24) is 4.98 Å². The molecule has 0 radical (unpaired) electrons. The van der Waals surface area contributed by atoms with E-state index in [0.29, 0.717) is 5.41 Å². The molecule has 2 N–H and O–H groups in total. The summed E-state index contributed by atoms with van der Waals surface area (Å²) >= 11 is 0. The van der Waals surface area contributed by atoms with Gasteiger partial charge in [0.15, 0.2) is 5.69 Å². The van der Waals surface area contributed by atoms with Crippen molar-refractivity contribution in [3.63, 3.8) is 0 Å². The van der Waals surface area contributed by atoms with Gasteiger partial charge < -0.3 is 10.1 Å². The lowest BCUT2D eigenvalue weighted by Crippen LogP contribution is -2.48. The first-order valence-corrected chi connectivity index (χ1v) is 8.35. The van der Waals surface area contributed by atoms with Crippen molar-refractivity contribution in [2.75, 3.05) is 0 Å². The van der Waals surface area contributed by atoms with Gasteiger partial charge in [0.05, 0.1) is 5.52 Å². The van der Waals surface area contributed by atoms with Crippen molar-refractivity contribution in [1.29, 1.82) is 0 Å². The van der Waals surface area contributed by atoms with Gasteiger partial charge in [-0.05, 0) is 84.6 Å². The van der Waals surface area contributed by atoms with Crippen molar-refractivity contribution < 1.29 is 5.11 Å². The zero-order chi connectivity index (χ0) is 14.9. The molecule has 4 bridgehead atoms.